The summed E-state index contributed by atoms with van der Waals surface area (Å²) in [7, 11) is 2.88. The summed E-state index contributed by atoms with van der Waals surface area (Å²) in [4.78, 5) is 42.5. The van der Waals surface area contributed by atoms with Gasteiger partial charge in [0.2, 0.25) is 5.78 Å². The Bertz CT molecular complexity index is 1500. The van der Waals surface area contributed by atoms with Crippen LogP contribution in [0.2, 0.25) is 0 Å². The second-order valence-corrected chi connectivity index (χ2v) is 12.7. The quantitative estimate of drug-likeness (QED) is 0.305. The molecule has 1 aliphatic heterocycles. The number of ether oxygens (including phenoxy) is 1. The predicted octanol–water partition coefficient (Wildman–Crippen LogP) is 2.01. The molecular weight excluding hydrogens is 587 g/mol. The maximum atomic E-state index is 15.0. The Morgan fingerprint density at radius 3 is 2.45 bits per heavy atom. The number of phenolic OH excluding ortho intramolecular Hbond substituents is 1. The molecule has 11 nitrogen and oxygen atoms in total. The number of Topliss-reactive ketones (excluding diaryl/α,β-unsaturated/α-hetero) is 2. The predicted molar refractivity (Wildman–Crippen MR) is 149 cm³/mol. The zero-order chi connectivity index (χ0) is 32.6. The zero-order valence-electron chi connectivity index (χ0n) is 24.7. The van der Waals surface area contributed by atoms with Crippen molar-refractivity contribution in [3.8, 4) is 5.75 Å². The summed E-state index contributed by atoms with van der Waals surface area (Å²) < 4.78 is 50.5. The Morgan fingerprint density at radius 1 is 1.23 bits per heavy atom. The van der Waals surface area contributed by atoms with Crippen LogP contribution in [0.5, 0.6) is 5.75 Å². The molecule has 14 heteroatoms. The van der Waals surface area contributed by atoms with E-state index in [-0.39, 0.29) is 24.5 Å². The van der Waals surface area contributed by atoms with Gasteiger partial charge in [-0.05, 0) is 56.0 Å². The van der Waals surface area contributed by atoms with Crippen LogP contribution < -0.4 is 5.73 Å². The molecule has 5 atom stereocenters. The molecule has 1 unspecified atom stereocenters. The summed E-state index contributed by atoms with van der Waals surface area (Å²) in [5.74, 6) is -8.99. The molecule has 4 aliphatic rings. The van der Waals surface area contributed by atoms with Crippen LogP contribution in [-0.4, -0.2) is 99.7 Å². The van der Waals surface area contributed by atoms with E-state index in [1.807, 2.05) is 18.7 Å². The van der Waals surface area contributed by atoms with Gasteiger partial charge in [-0.2, -0.15) is 13.2 Å². The fraction of sp³-hybridized carbons (Fsp3) is 0.567. The fourth-order valence-corrected chi connectivity index (χ4v) is 7.56. The summed E-state index contributed by atoms with van der Waals surface area (Å²) in [6.45, 7) is 4.98. The number of aliphatic hydroxyl groups is 3. The molecule has 2 fully saturated rings. The van der Waals surface area contributed by atoms with Crippen LogP contribution in [0.15, 0.2) is 23.0 Å². The van der Waals surface area contributed by atoms with E-state index in [4.69, 9.17) is 10.5 Å². The maximum absolute atomic E-state index is 15.0. The summed E-state index contributed by atoms with van der Waals surface area (Å²) in [6, 6.07) is -1.27. The molecule has 0 aromatic heterocycles. The highest BCUT2D eigenvalue weighted by Crippen LogP contribution is 2.55. The molecule has 0 radical (unpaired) electrons. The van der Waals surface area contributed by atoms with E-state index in [1.54, 1.807) is 0 Å². The van der Waals surface area contributed by atoms with Crippen molar-refractivity contribution in [2.45, 2.75) is 50.6 Å². The number of hydrogen-bond acceptors (Lipinski definition) is 10. The van der Waals surface area contributed by atoms with Gasteiger partial charge in [-0.1, -0.05) is 13.8 Å². The van der Waals surface area contributed by atoms with Crippen LogP contribution in [0.3, 0.4) is 0 Å². The van der Waals surface area contributed by atoms with Gasteiger partial charge in [0.15, 0.2) is 11.4 Å². The van der Waals surface area contributed by atoms with E-state index >= 15 is 0 Å². The molecule has 1 saturated carbocycles. The van der Waals surface area contributed by atoms with Gasteiger partial charge < -0.3 is 30.9 Å². The number of amides is 1. The van der Waals surface area contributed by atoms with Crippen molar-refractivity contribution in [3.05, 3.63) is 45.2 Å². The van der Waals surface area contributed by atoms with Crippen molar-refractivity contribution in [1.29, 1.82) is 0 Å². The second-order valence-electron chi connectivity index (χ2n) is 12.7. The Balaban J connectivity index is 1.74. The molecule has 1 aromatic rings. The lowest BCUT2D eigenvalue weighted by molar-refractivity contribution is -0.153. The first-order valence-electron chi connectivity index (χ1n) is 14.3. The van der Waals surface area contributed by atoms with E-state index in [0.717, 1.165) is 6.07 Å². The Morgan fingerprint density at radius 2 is 1.89 bits per heavy atom. The van der Waals surface area contributed by atoms with Gasteiger partial charge in [-0.3, -0.25) is 24.2 Å². The van der Waals surface area contributed by atoms with Crippen molar-refractivity contribution >= 4 is 23.2 Å². The number of rotatable bonds is 5. The van der Waals surface area contributed by atoms with Gasteiger partial charge in [0.25, 0.3) is 5.91 Å². The number of phenols is 1. The zero-order valence-corrected chi connectivity index (χ0v) is 24.7. The normalized spacial score (nSPS) is 29.7. The molecule has 1 saturated heterocycles. The summed E-state index contributed by atoms with van der Waals surface area (Å²) in [5, 5.41) is 45.1. The minimum absolute atomic E-state index is 0.0570. The molecule has 1 heterocycles. The monoisotopic (exact) mass is 623 g/mol. The highest BCUT2D eigenvalue weighted by molar-refractivity contribution is 6.24. The minimum atomic E-state index is -4.93. The minimum Gasteiger partial charge on any atom is -0.508 e. The number of ketones is 2. The molecule has 1 amide bonds. The molecule has 0 bridgehead atoms. The lowest BCUT2D eigenvalue weighted by Gasteiger charge is -2.50. The SMILES string of the molecule is CC(C)CN1CCOCC1c1cc(O)c2c(c1C(F)(F)F)C[C@H]1C[C@H]3[C@H](N(C)C)C(=O)C(C(N)=O)=C(O)[C@@]3(O)C(=O)C1=C2O. The van der Waals surface area contributed by atoms with Crippen LogP contribution in [0, 0.1) is 17.8 Å². The number of fused-ring (bicyclic) bond motifs is 3. The highest BCUT2D eigenvalue weighted by Gasteiger charge is 2.64. The van der Waals surface area contributed by atoms with Gasteiger partial charge in [0, 0.05) is 24.6 Å². The summed E-state index contributed by atoms with van der Waals surface area (Å²) in [6.07, 6.45) is -5.72. The molecule has 1 aromatic carbocycles. The van der Waals surface area contributed by atoms with E-state index in [9.17, 15) is 48.0 Å². The number of nitrogens with two attached hydrogens (primary N) is 1. The van der Waals surface area contributed by atoms with E-state index in [1.165, 1.54) is 19.0 Å². The molecule has 6 N–H and O–H groups in total. The number of benzene rings is 1. The topological polar surface area (TPSA) is 174 Å². The fourth-order valence-electron chi connectivity index (χ4n) is 7.56. The van der Waals surface area contributed by atoms with Crippen molar-refractivity contribution < 1.29 is 52.7 Å². The van der Waals surface area contributed by atoms with Crippen molar-refractivity contribution in [2.75, 3.05) is 40.4 Å². The summed E-state index contributed by atoms with van der Waals surface area (Å²) in [5.41, 5.74) is -1.38. The Labute approximate surface area is 251 Å². The third-order valence-corrected chi connectivity index (χ3v) is 9.24. The van der Waals surface area contributed by atoms with Crippen LogP contribution in [0.4, 0.5) is 13.2 Å². The van der Waals surface area contributed by atoms with Gasteiger partial charge in [0.1, 0.15) is 22.8 Å². The number of carbonyl (C=O) groups excluding carboxylic acids is 3. The van der Waals surface area contributed by atoms with Crippen molar-refractivity contribution in [2.24, 2.45) is 23.5 Å². The van der Waals surface area contributed by atoms with Crippen molar-refractivity contribution in [3.63, 3.8) is 0 Å². The second kappa shape index (κ2) is 10.9. The standard InChI is InChI=1S/C30H36F3N3O8/c1-12(2)10-36-5-6-44-11-17(36)14-9-18(37)20-15(22(14)30(31,32)33)7-13-8-16-23(35(3)4)25(39)21(28(34)42)27(41)29(16,43)26(40)19(13)24(20)38/h9,12-13,16-17,23,37-38,41,43H,5-8,10-11H2,1-4H3,(H2,34,42)/t13-,16-,17?,23-,29-/m0/s1. The number of alkyl halides is 3. The molecule has 3 aliphatic carbocycles. The first-order valence-corrected chi connectivity index (χ1v) is 14.3. The number of primary amides is 1. The lowest BCUT2D eigenvalue weighted by atomic mass is 9.57. The third kappa shape index (κ3) is 4.70. The smallest absolute Gasteiger partial charge is 0.417 e. The largest absolute Gasteiger partial charge is 0.508 e. The number of carbonyl (C=O) groups is 3. The number of morpholine rings is 1. The average Bonchev–Trinajstić information content (AvgIpc) is 2.89. The van der Waals surface area contributed by atoms with Gasteiger partial charge in [-0.15, -0.1) is 0 Å². The van der Waals surface area contributed by atoms with Crippen LogP contribution in [0.1, 0.15) is 48.6 Å². The van der Waals surface area contributed by atoms with Gasteiger partial charge in [-0.25, -0.2) is 0 Å². The number of nitrogens with zero attached hydrogens (tertiary/aromatic N) is 2. The summed E-state index contributed by atoms with van der Waals surface area (Å²) >= 11 is 0. The molecule has 5 rings (SSSR count). The number of likely N-dealkylation sites (N-methyl/N-ethyl adjacent to an activating group) is 1. The van der Waals surface area contributed by atoms with E-state index in [0.29, 0.717) is 19.7 Å². The molecular formula is C30H36F3N3O8. The number of hydrogen-bond donors (Lipinski definition) is 5. The van der Waals surface area contributed by atoms with Gasteiger partial charge in [0.05, 0.1) is 36.4 Å². The highest BCUT2D eigenvalue weighted by atomic mass is 19.4. The third-order valence-electron chi connectivity index (χ3n) is 9.24. The van der Waals surface area contributed by atoms with Crippen LogP contribution in [0.25, 0.3) is 5.76 Å². The maximum Gasteiger partial charge on any atom is 0.417 e. The number of aliphatic hydroxyl groups excluding tert-OH is 2. The Hall–Kier alpha value is -3.46. The molecule has 44 heavy (non-hydrogen) atoms. The first-order chi connectivity index (χ1) is 20.4. The first kappa shape index (κ1) is 31.9. The lowest BCUT2D eigenvalue weighted by Crippen LogP contribution is -2.65. The Kier molecular flexibility index (Phi) is 7.89. The van der Waals surface area contributed by atoms with Gasteiger partial charge >= 0.3 is 6.18 Å². The van der Waals surface area contributed by atoms with E-state index < -0.39 is 105 Å². The van der Waals surface area contributed by atoms with E-state index in [2.05, 4.69) is 0 Å². The van der Waals surface area contributed by atoms with Crippen molar-refractivity contribution in [1.82, 2.24) is 9.80 Å². The number of aromatic hydroxyl groups is 1. The average molecular weight is 624 g/mol. The molecule has 0 spiro atoms. The number of halogens is 3. The van der Waals surface area contributed by atoms with Crippen LogP contribution in [-0.2, 0) is 31.7 Å². The molecule has 240 valence electrons. The van der Waals surface area contributed by atoms with Crippen LogP contribution >= 0.6 is 0 Å².